The van der Waals surface area contributed by atoms with Gasteiger partial charge in [0.05, 0.1) is 10.8 Å². The number of carbonyl (C=O) groups excluding carboxylic acids is 1. The van der Waals surface area contributed by atoms with Crippen LogP contribution in [0.15, 0.2) is 59.5 Å². The van der Waals surface area contributed by atoms with Crippen LogP contribution in [0, 0.1) is 0 Å². The minimum Gasteiger partial charge on any atom is -0.484 e. The molecule has 4 nitrogen and oxygen atoms in total. The summed E-state index contributed by atoms with van der Waals surface area (Å²) in [5.74, 6) is 0.848. The number of carbonyl (C=O) groups is 1. The van der Waals surface area contributed by atoms with Crippen LogP contribution in [0.5, 0.6) is 5.75 Å². The molecule has 0 fully saturated rings. The Labute approximate surface area is 139 Å². The highest BCUT2D eigenvalue weighted by atomic mass is 32.2. The van der Waals surface area contributed by atoms with E-state index in [1.54, 1.807) is 0 Å². The van der Waals surface area contributed by atoms with E-state index >= 15 is 0 Å². The third-order valence-electron chi connectivity index (χ3n) is 3.32. The molecule has 0 saturated carbocycles. The molecule has 2 rings (SSSR count). The Morgan fingerprint density at radius 3 is 2.43 bits per heavy atom. The first-order valence-electron chi connectivity index (χ1n) is 7.61. The van der Waals surface area contributed by atoms with Gasteiger partial charge in [0.2, 0.25) is 0 Å². The van der Waals surface area contributed by atoms with Gasteiger partial charge < -0.3 is 10.1 Å². The van der Waals surface area contributed by atoms with Gasteiger partial charge in [0.25, 0.3) is 5.91 Å². The molecule has 0 unspecified atom stereocenters. The largest absolute Gasteiger partial charge is 0.484 e. The first kappa shape index (κ1) is 17.2. The average Bonchev–Trinajstić information content (AvgIpc) is 2.61. The summed E-state index contributed by atoms with van der Waals surface area (Å²) in [6, 6.07) is 16.9. The van der Waals surface area contributed by atoms with Crippen molar-refractivity contribution in [1.82, 2.24) is 5.32 Å². The number of aryl methyl sites for hydroxylation is 1. The number of ether oxygens (including phenoxy) is 1. The summed E-state index contributed by atoms with van der Waals surface area (Å²) in [6.07, 6.45) is 0.972. The molecule has 0 aromatic heterocycles. The van der Waals surface area contributed by atoms with Crippen LogP contribution in [0.2, 0.25) is 0 Å². The summed E-state index contributed by atoms with van der Waals surface area (Å²) in [4.78, 5) is 12.5. The summed E-state index contributed by atoms with van der Waals surface area (Å²) in [5, 5.41) is 2.72. The first-order chi connectivity index (χ1) is 11.2. The van der Waals surface area contributed by atoms with Gasteiger partial charge in [0.15, 0.2) is 6.61 Å². The fourth-order valence-corrected chi connectivity index (χ4v) is 2.98. The van der Waals surface area contributed by atoms with E-state index in [4.69, 9.17) is 4.74 Å². The highest BCUT2D eigenvalue weighted by Crippen LogP contribution is 2.12. The molecule has 0 bridgehead atoms. The van der Waals surface area contributed by atoms with Crippen molar-refractivity contribution in [1.29, 1.82) is 0 Å². The summed E-state index contributed by atoms with van der Waals surface area (Å²) in [7, 11) is -1.10. The van der Waals surface area contributed by atoms with Gasteiger partial charge in [-0.25, -0.2) is 0 Å². The van der Waals surface area contributed by atoms with Crippen LogP contribution in [0.3, 0.4) is 0 Å². The minimum atomic E-state index is -1.10. The quantitative estimate of drug-likeness (QED) is 0.809. The number of amides is 1. The molecule has 23 heavy (non-hydrogen) atoms. The van der Waals surface area contributed by atoms with E-state index in [9.17, 15) is 9.00 Å². The molecule has 0 aliphatic heterocycles. The molecule has 5 heteroatoms. The van der Waals surface area contributed by atoms with Gasteiger partial charge in [-0.2, -0.15) is 0 Å². The van der Waals surface area contributed by atoms with Gasteiger partial charge in [-0.05, 0) is 36.2 Å². The fraction of sp³-hybridized carbons (Fsp3) is 0.278. The van der Waals surface area contributed by atoms with E-state index in [0.717, 1.165) is 11.3 Å². The summed E-state index contributed by atoms with van der Waals surface area (Å²) >= 11 is 0. The molecule has 0 aliphatic carbocycles. The van der Waals surface area contributed by atoms with E-state index < -0.39 is 10.8 Å². The third kappa shape index (κ3) is 5.87. The van der Waals surface area contributed by atoms with Crippen molar-refractivity contribution in [3.05, 3.63) is 60.2 Å². The maximum atomic E-state index is 12.0. The van der Waals surface area contributed by atoms with Gasteiger partial charge in [0.1, 0.15) is 5.75 Å². The highest BCUT2D eigenvalue weighted by Gasteiger charge is 2.06. The lowest BCUT2D eigenvalue weighted by atomic mass is 10.2. The Hall–Kier alpha value is -2.14. The SMILES string of the molecule is CCc1ccc(OCC(=O)NCC[S@](=O)c2ccccc2)cc1. The Kier molecular flexibility index (Phi) is 6.81. The second kappa shape index (κ2) is 9.10. The summed E-state index contributed by atoms with van der Waals surface area (Å²) in [5.41, 5.74) is 1.23. The van der Waals surface area contributed by atoms with Crippen molar-refractivity contribution in [2.45, 2.75) is 18.2 Å². The highest BCUT2D eigenvalue weighted by molar-refractivity contribution is 7.85. The second-order valence-electron chi connectivity index (χ2n) is 5.00. The topological polar surface area (TPSA) is 55.4 Å². The molecule has 0 radical (unpaired) electrons. The van der Waals surface area contributed by atoms with Gasteiger partial charge in [-0.1, -0.05) is 37.3 Å². The molecular weight excluding hydrogens is 310 g/mol. The molecule has 1 atom stereocenters. The van der Waals surface area contributed by atoms with E-state index in [-0.39, 0.29) is 12.5 Å². The van der Waals surface area contributed by atoms with Crippen molar-refractivity contribution in [3.8, 4) is 5.75 Å². The second-order valence-corrected chi connectivity index (χ2v) is 6.57. The van der Waals surface area contributed by atoms with Crippen LogP contribution < -0.4 is 10.1 Å². The number of hydrogen-bond donors (Lipinski definition) is 1. The van der Waals surface area contributed by atoms with Crippen molar-refractivity contribution in [2.75, 3.05) is 18.9 Å². The van der Waals surface area contributed by atoms with Gasteiger partial charge in [-0.15, -0.1) is 0 Å². The Morgan fingerprint density at radius 1 is 1.09 bits per heavy atom. The van der Waals surface area contributed by atoms with E-state index in [0.29, 0.717) is 18.0 Å². The van der Waals surface area contributed by atoms with Gasteiger partial charge in [0, 0.05) is 17.2 Å². The van der Waals surface area contributed by atoms with Gasteiger partial charge in [-0.3, -0.25) is 9.00 Å². The number of rotatable bonds is 8. The van der Waals surface area contributed by atoms with Crippen LogP contribution in [-0.2, 0) is 22.0 Å². The van der Waals surface area contributed by atoms with Crippen LogP contribution in [0.4, 0.5) is 0 Å². The molecule has 2 aromatic carbocycles. The third-order valence-corrected chi connectivity index (χ3v) is 4.69. The summed E-state index contributed by atoms with van der Waals surface area (Å²) < 4.78 is 17.4. The monoisotopic (exact) mass is 331 g/mol. The molecule has 1 amide bonds. The lowest BCUT2D eigenvalue weighted by Gasteiger charge is -2.08. The number of benzene rings is 2. The van der Waals surface area contributed by atoms with E-state index in [2.05, 4.69) is 12.2 Å². The number of hydrogen-bond acceptors (Lipinski definition) is 3. The molecule has 0 saturated heterocycles. The predicted molar refractivity (Wildman–Crippen MR) is 92.0 cm³/mol. The number of nitrogens with one attached hydrogen (secondary N) is 1. The van der Waals surface area contributed by atoms with Crippen molar-refractivity contribution in [2.24, 2.45) is 0 Å². The lowest BCUT2D eigenvalue weighted by molar-refractivity contribution is -0.122. The molecular formula is C18H21NO3S. The minimum absolute atomic E-state index is 0.0383. The maximum absolute atomic E-state index is 12.0. The average molecular weight is 331 g/mol. The lowest BCUT2D eigenvalue weighted by Crippen LogP contribution is -2.32. The molecule has 0 aliphatic rings. The van der Waals surface area contributed by atoms with Gasteiger partial charge >= 0.3 is 0 Å². The van der Waals surface area contributed by atoms with E-state index in [1.165, 1.54) is 5.56 Å². The zero-order chi connectivity index (χ0) is 16.5. The predicted octanol–water partition coefficient (Wildman–Crippen LogP) is 2.55. The molecule has 0 spiro atoms. The first-order valence-corrected chi connectivity index (χ1v) is 8.93. The zero-order valence-corrected chi connectivity index (χ0v) is 14.0. The van der Waals surface area contributed by atoms with Crippen LogP contribution in [0.1, 0.15) is 12.5 Å². The smallest absolute Gasteiger partial charge is 0.257 e. The molecule has 122 valence electrons. The van der Waals surface area contributed by atoms with Crippen LogP contribution in [0.25, 0.3) is 0 Å². The van der Waals surface area contributed by atoms with Crippen molar-refractivity contribution < 1.29 is 13.7 Å². The molecule has 1 N–H and O–H groups in total. The van der Waals surface area contributed by atoms with Crippen molar-refractivity contribution >= 4 is 16.7 Å². The van der Waals surface area contributed by atoms with Crippen LogP contribution in [-0.4, -0.2) is 29.0 Å². The Balaban J connectivity index is 1.67. The Bertz CT molecular complexity index is 641. The fourth-order valence-electron chi connectivity index (χ4n) is 1.99. The zero-order valence-electron chi connectivity index (χ0n) is 13.2. The maximum Gasteiger partial charge on any atom is 0.257 e. The molecule has 0 heterocycles. The normalized spacial score (nSPS) is 11.7. The molecule has 2 aromatic rings. The Morgan fingerprint density at radius 2 is 1.78 bits per heavy atom. The van der Waals surface area contributed by atoms with Crippen LogP contribution >= 0.6 is 0 Å². The van der Waals surface area contributed by atoms with Crippen molar-refractivity contribution in [3.63, 3.8) is 0 Å². The standard InChI is InChI=1S/C18H21NO3S/c1-2-15-8-10-16(11-9-15)22-14-18(20)19-12-13-23(21)17-6-4-3-5-7-17/h3-11H,2,12-14H2,1H3,(H,19,20)/t23-/m0/s1. The summed E-state index contributed by atoms with van der Waals surface area (Å²) in [6.45, 7) is 2.41. The van der Waals surface area contributed by atoms with E-state index in [1.807, 2.05) is 54.6 Å².